The number of hydrogen-bond donors (Lipinski definition) is 1. The van der Waals surface area contributed by atoms with Gasteiger partial charge in [-0.2, -0.15) is 9.61 Å². The molecular formula is C27H19N7OS. The zero-order valence-corrected chi connectivity index (χ0v) is 20.0. The molecule has 0 atom stereocenters. The molecule has 0 bridgehead atoms. The highest BCUT2D eigenvalue weighted by molar-refractivity contribution is 7.17. The minimum Gasteiger partial charge on any atom is -0.321 e. The van der Waals surface area contributed by atoms with Crippen molar-refractivity contribution in [1.29, 1.82) is 0 Å². The van der Waals surface area contributed by atoms with E-state index in [-0.39, 0.29) is 5.91 Å². The van der Waals surface area contributed by atoms with Crippen molar-refractivity contribution in [3.63, 3.8) is 0 Å². The molecule has 6 aromatic rings. The predicted octanol–water partition coefficient (Wildman–Crippen LogP) is 5.54. The number of aromatic nitrogens is 6. The number of aryl methyl sites for hydroxylation is 1. The Balaban J connectivity index is 1.28. The number of nitrogens with zero attached hydrogens (tertiary/aromatic N) is 6. The van der Waals surface area contributed by atoms with E-state index in [1.807, 2.05) is 85.8 Å². The second-order valence-corrected chi connectivity index (χ2v) is 9.08. The summed E-state index contributed by atoms with van der Waals surface area (Å²) in [7, 11) is 0. The number of carbonyl (C=O) groups is 1. The molecule has 36 heavy (non-hydrogen) atoms. The third kappa shape index (κ3) is 4.12. The Bertz CT molecular complexity index is 1690. The van der Waals surface area contributed by atoms with Gasteiger partial charge in [-0.25, -0.2) is 4.98 Å². The fourth-order valence-corrected chi connectivity index (χ4v) is 4.85. The average Bonchev–Trinajstić information content (AvgIpc) is 3.53. The average molecular weight is 490 g/mol. The lowest BCUT2D eigenvalue weighted by Crippen LogP contribution is -2.11. The van der Waals surface area contributed by atoms with E-state index in [0.717, 1.165) is 27.4 Å². The number of rotatable bonds is 5. The molecule has 0 saturated carbocycles. The van der Waals surface area contributed by atoms with Gasteiger partial charge in [0.05, 0.1) is 11.4 Å². The normalized spacial score (nSPS) is 11.0. The smallest absolute Gasteiger partial charge is 0.267 e. The van der Waals surface area contributed by atoms with Crippen LogP contribution in [0.25, 0.3) is 38.9 Å². The first-order valence-electron chi connectivity index (χ1n) is 11.2. The van der Waals surface area contributed by atoms with E-state index in [2.05, 4.69) is 25.5 Å². The van der Waals surface area contributed by atoms with Crippen LogP contribution < -0.4 is 5.32 Å². The van der Waals surface area contributed by atoms with Crippen LogP contribution in [0.5, 0.6) is 0 Å². The summed E-state index contributed by atoms with van der Waals surface area (Å²) >= 11 is 1.39. The molecule has 1 N–H and O–H groups in total. The fourth-order valence-electron chi connectivity index (χ4n) is 3.88. The predicted molar refractivity (Wildman–Crippen MR) is 140 cm³/mol. The third-order valence-corrected chi connectivity index (χ3v) is 6.85. The van der Waals surface area contributed by atoms with Crippen LogP contribution >= 0.6 is 11.3 Å². The van der Waals surface area contributed by atoms with Crippen molar-refractivity contribution < 1.29 is 4.79 Å². The van der Waals surface area contributed by atoms with E-state index in [4.69, 9.17) is 5.10 Å². The fraction of sp³-hybridized carbons (Fsp3) is 0.0370. The second kappa shape index (κ2) is 9.12. The van der Waals surface area contributed by atoms with Crippen molar-refractivity contribution in [3.8, 4) is 33.2 Å². The topological polar surface area (TPSA) is 98.0 Å². The maximum Gasteiger partial charge on any atom is 0.267 e. The Morgan fingerprint density at radius 1 is 0.861 bits per heavy atom. The van der Waals surface area contributed by atoms with Gasteiger partial charge in [-0.3, -0.25) is 9.78 Å². The molecule has 9 heteroatoms. The zero-order chi connectivity index (χ0) is 24.5. The Kier molecular flexibility index (Phi) is 5.51. The number of amides is 1. The summed E-state index contributed by atoms with van der Waals surface area (Å²) in [5.74, 6) is 0.445. The highest BCUT2D eigenvalue weighted by atomic mass is 32.1. The summed E-state index contributed by atoms with van der Waals surface area (Å²) < 4.78 is 1.71. The molecule has 0 aliphatic rings. The highest BCUT2D eigenvalue weighted by Gasteiger charge is 2.17. The van der Waals surface area contributed by atoms with Gasteiger partial charge < -0.3 is 5.32 Å². The summed E-state index contributed by atoms with van der Waals surface area (Å²) in [5.41, 5.74) is 5.47. The maximum absolute atomic E-state index is 13.1. The monoisotopic (exact) mass is 489 g/mol. The van der Waals surface area contributed by atoms with Crippen molar-refractivity contribution in [2.24, 2.45) is 0 Å². The Morgan fingerprint density at radius 3 is 2.50 bits per heavy atom. The number of carbonyl (C=O) groups excluding carboxylic acids is 1. The number of anilines is 1. The molecular weight excluding hydrogens is 470 g/mol. The van der Waals surface area contributed by atoms with Crippen molar-refractivity contribution in [2.75, 3.05) is 5.32 Å². The van der Waals surface area contributed by atoms with Crippen LogP contribution in [0.2, 0.25) is 0 Å². The quantitative estimate of drug-likeness (QED) is 0.342. The third-order valence-electron chi connectivity index (χ3n) is 5.64. The van der Waals surface area contributed by atoms with Crippen molar-refractivity contribution in [1.82, 2.24) is 29.8 Å². The standard InChI is InChI=1S/C27H19N7OS/c1-17-24(36-27(29-17)19-6-3-2-4-7-19)26(35)30-21-9-5-8-20(16-21)22-10-11-23-31-32-25(34(23)33-22)18-12-14-28-15-13-18/h2-16H,1H3,(H,30,35). The lowest BCUT2D eigenvalue weighted by atomic mass is 10.1. The van der Waals surface area contributed by atoms with Gasteiger partial charge in [0, 0.05) is 34.8 Å². The molecule has 0 saturated heterocycles. The maximum atomic E-state index is 13.1. The van der Waals surface area contributed by atoms with Crippen LogP contribution in [0.15, 0.2) is 91.3 Å². The number of fused-ring (bicyclic) bond motifs is 1. The van der Waals surface area contributed by atoms with Crippen LogP contribution in [0.4, 0.5) is 5.69 Å². The van der Waals surface area contributed by atoms with Crippen molar-refractivity contribution >= 4 is 28.6 Å². The number of benzene rings is 2. The van der Waals surface area contributed by atoms with Gasteiger partial charge in [-0.1, -0.05) is 42.5 Å². The second-order valence-electron chi connectivity index (χ2n) is 8.08. The molecule has 0 fully saturated rings. The molecule has 0 unspecified atom stereocenters. The minimum absolute atomic E-state index is 0.188. The molecule has 0 radical (unpaired) electrons. The zero-order valence-electron chi connectivity index (χ0n) is 19.2. The van der Waals surface area contributed by atoms with Gasteiger partial charge >= 0.3 is 0 Å². The van der Waals surface area contributed by atoms with Gasteiger partial charge in [0.2, 0.25) is 0 Å². The molecule has 1 amide bonds. The molecule has 0 aliphatic heterocycles. The molecule has 2 aromatic carbocycles. The van der Waals surface area contributed by atoms with Crippen LogP contribution in [0.3, 0.4) is 0 Å². The minimum atomic E-state index is -0.188. The SMILES string of the molecule is Cc1nc(-c2ccccc2)sc1C(=O)Nc1cccc(-c2ccc3nnc(-c4ccncc4)n3n2)c1. The Hall–Kier alpha value is -4.76. The largest absolute Gasteiger partial charge is 0.321 e. The molecule has 4 aromatic heterocycles. The van der Waals surface area contributed by atoms with Crippen LogP contribution in [-0.2, 0) is 0 Å². The lowest BCUT2D eigenvalue weighted by Gasteiger charge is -2.07. The molecule has 8 nitrogen and oxygen atoms in total. The molecule has 0 spiro atoms. The first-order valence-corrected chi connectivity index (χ1v) is 12.0. The molecule has 0 aliphatic carbocycles. The number of nitrogens with one attached hydrogen (secondary N) is 1. The van der Waals surface area contributed by atoms with E-state index in [1.54, 1.807) is 16.9 Å². The van der Waals surface area contributed by atoms with Crippen molar-refractivity contribution in [2.45, 2.75) is 6.92 Å². The van der Waals surface area contributed by atoms with Gasteiger partial charge in [-0.05, 0) is 43.3 Å². The first-order chi connectivity index (χ1) is 17.7. The molecule has 174 valence electrons. The van der Waals surface area contributed by atoms with Crippen LogP contribution in [-0.4, -0.2) is 35.7 Å². The van der Waals surface area contributed by atoms with Crippen molar-refractivity contribution in [3.05, 3.63) is 102 Å². The summed E-state index contributed by atoms with van der Waals surface area (Å²) in [5, 5.41) is 17.1. The molecule has 6 rings (SSSR count). The highest BCUT2D eigenvalue weighted by Crippen LogP contribution is 2.29. The van der Waals surface area contributed by atoms with E-state index < -0.39 is 0 Å². The van der Waals surface area contributed by atoms with E-state index in [9.17, 15) is 4.79 Å². The Labute approximate surface area is 210 Å². The number of hydrogen-bond acceptors (Lipinski definition) is 7. The summed E-state index contributed by atoms with van der Waals surface area (Å²) in [4.78, 5) is 22.3. The summed E-state index contributed by atoms with van der Waals surface area (Å²) in [6.45, 7) is 1.85. The lowest BCUT2D eigenvalue weighted by molar-refractivity contribution is 0.103. The van der Waals surface area contributed by atoms with Gasteiger partial charge in [0.1, 0.15) is 9.88 Å². The summed E-state index contributed by atoms with van der Waals surface area (Å²) in [6.07, 6.45) is 3.42. The van der Waals surface area contributed by atoms with Crippen LogP contribution in [0, 0.1) is 6.92 Å². The van der Waals surface area contributed by atoms with E-state index in [0.29, 0.717) is 27.7 Å². The molecule has 4 heterocycles. The van der Waals surface area contributed by atoms with Crippen LogP contribution in [0.1, 0.15) is 15.4 Å². The van der Waals surface area contributed by atoms with Gasteiger partial charge in [0.25, 0.3) is 5.91 Å². The first kappa shape index (κ1) is 21.8. The van der Waals surface area contributed by atoms with E-state index in [1.165, 1.54) is 11.3 Å². The van der Waals surface area contributed by atoms with Gasteiger partial charge in [-0.15, -0.1) is 21.5 Å². The summed E-state index contributed by atoms with van der Waals surface area (Å²) in [6, 6.07) is 25.0. The Morgan fingerprint density at radius 2 is 1.67 bits per heavy atom. The van der Waals surface area contributed by atoms with E-state index >= 15 is 0 Å². The van der Waals surface area contributed by atoms with Gasteiger partial charge in [0.15, 0.2) is 11.5 Å². The number of pyridine rings is 1. The number of thiazole rings is 1.